The van der Waals surface area contributed by atoms with E-state index in [0.717, 1.165) is 18.4 Å². The van der Waals surface area contributed by atoms with Crippen LogP contribution in [0.2, 0.25) is 0 Å². The van der Waals surface area contributed by atoms with Crippen molar-refractivity contribution < 1.29 is 14.3 Å². The molecule has 0 radical (unpaired) electrons. The van der Waals surface area contributed by atoms with Crippen LogP contribution in [-0.2, 0) is 9.53 Å². The highest BCUT2D eigenvalue weighted by atomic mass is 32.1. The zero-order chi connectivity index (χ0) is 13.1. The van der Waals surface area contributed by atoms with Crippen LogP contribution in [0.25, 0.3) is 0 Å². The number of carbonyl (C=O) groups is 2. The van der Waals surface area contributed by atoms with Crippen LogP contribution in [0, 0.1) is 6.92 Å². The maximum Gasteiger partial charge on any atom is 0.325 e. The maximum absolute atomic E-state index is 12.4. The number of ether oxygens (including phenoxy) is 1. The third-order valence-corrected chi connectivity index (χ3v) is 3.80. The normalized spacial score (nSPS) is 14.3. The van der Waals surface area contributed by atoms with Gasteiger partial charge in [0.2, 0.25) is 0 Å². The monoisotopic (exact) mass is 267 g/mol. The number of hydrogen-bond donors (Lipinski definition) is 0. The van der Waals surface area contributed by atoms with Gasteiger partial charge in [0.25, 0.3) is 5.91 Å². The summed E-state index contributed by atoms with van der Waals surface area (Å²) in [5.74, 6) is -0.380. The molecule has 0 unspecified atom stereocenters. The Labute approximate surface area is 111 Å². The molecule has 1 aromatic heterocycles. The van der Waals surface area contributed by atoms with E-state index in [1.54, 1.807) is 11.8 Å². The number of amides is 1. The number of aryl methyl sites for hydroxylation is 1. The molecule has 4 nitrogen and oxygen atoms in total. The fourth-order valence-electron chi connectivity index (χ4n) is 1.83. The number of rotatable bonds is 5. The Morgan fingerprint density at radius 2 is 2.17 bits per heavy atom. The van der Waals surface area contributed by atoms with Crippen molar-refractivity contribution in [2.75, 3.05) is 13.2 Å². The van der Waals surface area contributed by atoms with Crippen molar-refractivity contribution in [2.45, 2.75) is 32.7 Å². The fourth-order valence-corrected chi connectivity index (χ4v) is 2.65. The highest BCUT2D eigenvalue weighted by Gasteiger charge is 2.35. The van der Waals surface area contributed by atoms with Gasteiger partial charge in [0, 0.05) is 11.4 Å². The number of esters is 1. The van der Waals surface area contributed by atoms with Gasteiger partial charge in [-0.15, -0.1) is 0 Å². The van der Waals surface area contributed by atoms with Crippen LogP contribution >= 0.6 is 11.3 Å². The minimum Gasteiger partial charge on any atom is -0.465 e. The molecule has 1 aromatic rings. The smallest absolute Gasteiger partial charge is 0.325 e. The average Bonchev–Trinajstić information content (AvgIpc) is 3.08. The molecule has 2 rings (SSSR count). The van der Waals surface area contributed by atoms with E-state index in [0.29, 0.717) is 12.2 Å². The lowest BCUT2D eigenvalue weighted by Gasteiger charge is -2.21. The molecule has 0 aliphatic heterocycles. The van der Waals surface area contributed by atoms with Gasteiger partial charge in [-0.05, 0) is 37.6 Å². The molecule has 98 valence electrons. The molecule has 1 aliphatic rings. The lowest BCUT2D eigenvalue weighted by Crippen LogP contribution is -2.38. The molecule has 0 N–H and O–H groups in total. The lowest BCUT2D eigenvalue weighted by atomic mass is 10.2. The summed E-state index contributed by atoms with van der Waals surface area (Å²) in [4.78, 5) is 25.5. The van der Waals surface area contributed by atoms with E-state index in [1.165, 1.54) is 11.3 Å². The Hall–Kier alpha value is -1.36. The molecular formula is C13H17NO3S. The third kappa shape index (κ3) is 2.90. The summed E-state index contributed by atoms with van der Waals surface area (Å²) in [7, 11) is 0. The van der Waals surface area contributed by atoms with Crippen molar-refractivity contribution in [1.82, 2.24) is 4.90 Å². The number of carbonyl (C=O) groups excluding carboxylic acids is 2. The lowest BCUT2D eigenvalue weighted by molar-refractivity contribution is -0.144. The molecule has 0 bridgehead atoms. The van der Waals surface area contributed by atoms with Crippen molar-refractivity contribution in [2.24, 2.45) is 0 Å². The van der Waals surface area contributed by atoms with Crippen LogP contribution in [0.5, 0.6) is 0 Å². The van der Waals surface area contributed by atoms with E-state index in [9.17, 15) is 9.59 Å². The van der Waals surface area contributed by atoms with Crippen LogP contribution in [0.4, 0.5) is 0 Å². The Morgan fingerprint density at radius 1 is 1.44 bits per heavy atom. The summed E-state index contributed by atoms with van der Waals surface area (Å²) in [6.07, 6.45) is 1.96. The molecule has 1 amide bonds. The Kier molecular flexibility index (Phi) is 4.01. The minimum atomic E-state index is -0.328. The number of nitrogens with zero attached hydrogens (tertiary/aromatic N) is 1. The topological polar surface area (TPSA) is 46.6 Å². The zero-order valence-electron chi connectivity index (χ0n) is 10.6. The highest BCUT2D eigenvalue weighted by molar-refractivity contribution is 7.08. The van der Waals surface area contributed by atoms with E-state index in [1.807, 2.05) is 17.7 Å². The van der Waals surface area contributed by atoms with Gasteiger partial charge in [-0.3, -0.25) is 9.59 Å². The van der Waals surface area contributed by atoms with Crippen molar-refractivity contribution in [3.63, 3.8) is 0 Å². The summed E-state index contributed by atoms with van der Waals surface area (Å²) >= 11 is 1.51. The second kappa shape index (κ2) is 5.52. The average molecular weight is 267 g/mol. The second-order valence-electron chi connectivity index (χ2n) is 4.44. The predicted molar refractivity (Wildman–Crippen MR) is 69.7 cm³/mol. The van der Waals surface area contributed by atoms with Gasteiger partial charge >= 0.3 is 5.97 Å². The fraction of sp³-hybridized carbons (Fsp3) is 0.538. The first kappa shape index (κ1) is 13.1. The van der Waals surface area contributed by atoms with Gasteiger partial charge in [-0.1, -0.05) is 0 Å². The summed E-state index contributed by atoms with van der Waals surface area (Å²) in [6.45, 7) is 4.10. The van der Waals surface area contributed by atoms with E-state index in [2.05, 4.69) is 0 Å². The van der Waals surface area contributed by atoms with Gasteiger partial charge in [-0.25, -0.2) is 0 Å². The highest BCUT2D eigenvalue weighted by Crippen LogP contribution is 2.29. The van der Waals surface area contributed by atoms with Crippen molar-refractivity contribution >= 4 is 23.2 Å². The van der Waals surface area contributed by atoms with E-state index < -0.39 is 0 Å². The summed E-state index contributed by atoms with van der Waals surface area (Å²) in [5.41, 5.74) is 1.68. The molecule has 1 fully saturated rings. The molecular weight excluding hydrogens is 250 g/mol. The van der Waals surface area contributed by atoms with Crippen LogP contribution in [0.15, 0.2) is 10.8 Å². The van der Waals surface area contributed by atoms with E-state index >= 15 is 0 Å². The molecule has 0 spiro atoms. The zero-order valence-corrected chi connectivity index (χ0v) is 11.5. The van der Waals surface area contributed by atoms with Gasteiger partial charge in [0.05, 0.1) is 12.2 Å². The number of hydrogen-bond acceptors (Lipinski definition) is 4. The standard InChI is InChI=1S/C13H17NO3S/c1-3-17-12(15)6-14(10-4-5-10)13(16)11-8-18-7-9(11)2/h7-8,10H,3-6H2,1-2H3. The Balaban J connectivity index is 2.08. The van der Waals surface area contributed by atoms with Crippen LogP contribution in [0.1, 0.15) is 35.7 Å². The van der Waals surface area contributed by atoms with Crippen molar-refractivity contribution in [3.05, 3.63) is 21.9 Å². The number of thiophene rings is 1. The molecule has 1 heterocycles. The van der Waals surface area contributed by atoms with Gasteiger partial charge < -0.3 is 9.64 Å². The predicted octanol–water partition coefficient (Wildman–Crippen LogP) is 2.22. The third-order valence-electron chi connectivity index (χ3n) is 2.94. The molecule has 0 atom stereocenters. The molecule has 1 saturated carbocycles. The van der Waals surface area contributed by atoms with Gasteiger partial charge in [0.1, 0.15) is 6.54 Å². The van der Waals surface area contributed by atoms with Crippen LogP contribution in [0.3, 0.4) is 0 Å². The first-order valence-corrected chi connectivity index (χ1v) is 7.07. The van der Waals surface area contributed by atoms with Gasteiger partial charge in [0.15, 0.2) is 0 Å². The second-order valence-corrected chi connectivity index (χ2v) is 5.18. The van der Waals surface area contributed by atoms with Crippen molar-refractivity contribution in [1.29, 1.82) is 0 Å². The first-order chi connectivity index (χ1) is 8.63. The quantitative estimate of drug-likeness (QED) is 0.769. The largest absolute Gasteiger partial charge is 0.465 e. The Bertz CT molecular complexity index is 451. The minimum absolute atomic E-state index is 0.0516. The van der Waals surface area contributed by atoms with Crippen molar-refractivity contribution in [3.8, 4) is 0 Å². The van der Waals surface area contributed by atoms with E-state index in [4.69, 9.17) is 4.74 Å². The summed E-state index contributed by atoms with van der Waals surface area (Å²) < 4.78 is 4.92. The summed E-state index contributed by atoms with van der Waals surface area (Å²) in [5, 5.41) is 3.79. The first-order valence-electron chi connectivity index (χ1n) is 6.12. The molecule has 5 heteroatoms. The Morgan fingerprint density at radius 3 is 2.67 bits per heavy atom. The van der Waals surface area contributed by atoms with Crippen LogP contribution < -0.4 is 0 Å². The molecule has 0 aromatic carbocycles. The van der Waals surface area contributed by atoms with E-state index in [-0.39, 0.29) is 24.5 Å². The maximum atomic E-state index is 12.4. The molecule has 0 saturated heterocycles. The SMILES string of the molecule is CCOC(=O)CN(C(=O)c1cscc1C)C1CC1. The molecule has 18 heavy (non-hydrogen) atoms. The summed E-state index contributed by atoms with van der Waals surface area (Å²) in [6, 6.07) is 0.209. The van der Waals surface area contributed by atoms with Crippen LogP contribution in [-0.4, -0.2) is 36.0 Å². The van der Waals surface area contributed by atoms with Gasteiger partial charge in [-0.2, -0.15) is 11.3 Å². The molecule has 1 aliphatic carbocycles.